The highest BCUT2D eigenvalue weighted by molar-refractivity contribution is 5.90. The molecule has 128 valence electrons. The largest absolute Gasteiger partial charge is 0.322 e. The Hall–Kier alpha value is -2.15. The Bertz CT molecular complexity index is 698. The number of hydroxylamine groups is 2. The molecule has 1 saturated carbocycles. The fourth-order valence-corrected chi connectivity index (χ4v) is 3.24. The molecule has 24 heavy (non-hydrogen) atoms. The van der Waals surface area contributed by atoms with E-state index in [2.05, 4.69) is 5.32 Å². The van der Waals surface area contributed by atoms with Crippen LogP contribution in [0.3, 0.4) is 0 Å². The molecular formula is C17H20FN3O3. The van der Waals surface area contributed by atoms with Gasteiger partial charge in [0.05, 0.1) is 26.1 Å². The van der Waals surface area contributed by atoms with Gasteiger partial charge in [0.1, 0.15) is 11.4 Å². The minimum absolute atomic E-state index is 0.0103. The van der Waals surface area contributed by atoms with Gasteiger partial charge in [0.25, 0.3) is 0 Å². The zero-order chi connectivity index (χ0) is 16.9. The molecule has 1 aliphatic carbocycles. The second kappa shape index (κ2) is 5.44. The molecule has 2 saturated heterocycles. The van der Waals surface area contributed by atoms with Gasteiger partial charge in [-0.1, -0.05) is 0 Å². The number of anilines is 1. The average Bonchev–Trinajstić information content (AvgIpc) is 3.24. The Balaban J connectivity index is 1.32. The smallest absolute Gasteiger partial charge is 0.318 e. The molecule has 0 bridgehead atoms. The van der Waals surface area contributed by atoms with Gasteiger partial charge in [-0.05, 0) is 49.4 Å². The summed E-state index contributed by atoms with van der Waals surface area (Å²) in [7, 11) is 0. The number of likely N-dealkylation sites (tertiary alicyclic amines) is 1. The molecule has 0 unspecified atom stereocenters. The lowest BCUT2D eigenvalue weighted by molar-refractivity contribution is -0.229. The summed E-state index contributed by atoms with van der Waals surface area (Å²) in [6.07, 6.45) is 2.65. The van der Waals surface area contributed by atoms with Crippen LogP contribution in [-0.2, 0) is 9.63 Å². The molecule has 4 rings (SSSR count). The van der Waals surface area contributed by atoms with Crippen LogP contribution in [0.4, 0.5) is 14.9 Å². The topological polar surface area (TPSA) is 61.9 Å². The fraction of sp³-hybridized carbons (Fsp3) is 0.529. The van der Waals surface area contributed by atoms with Crippen LogP contribution in [0.1, 0.15) is 24.8 Å². The molecule has 0 aromatic heterocycles. The van der Waals surface area contributed by atoms with Crippen molar-refractivity contribution in [3.8, 4) is 0 Å². The first-order valence-electron chi connectivity index (χ1n) is 8.26. The van der Waals surface area contributed by atoms with E-state index in [1.54, 1.807) is 17.9 Å². The normalized spacial score (nSPS) is 22.0. The summed E-state index contributed by atoms with van der Waals surface area (Å²) in [6.45, 7) is 3.11. The molecular weight excluding hydrogens is 313 g/mol. The van der Waals surface area contributed by atoms with E-state index in [4.69, 9.17) is 4.84 Å². The van der Waals surface area contributed by atoms with Crippen molar-refractivity contribution in [2.45, 2.75) is 31.8 Å². The van der Waals surface area contributed by atoms with Crippen molar-refractivity contribution in [1.82, 2.24) is 9.96 Å². The van der Waals surface area contributed by atoms with Gasteiger partial charge in [0.15, 0.2) is 0 Å². The average molecular weight is 333 g/mol. The van der Waals surface area contributed by atoms with Gasteiger partial charge in [0.2, 0.25) is 5.91 Å². The lowest BCUT2D eigenvalue weighted by atomic mass is 9.91. The molecule has 1 spiro atoms. The van der Waals surface area contributed by atoms with Crippen LogP contribution in [-0.4, -0.2) is 47.1 Å². The van der Waals surface area contributed by atoms with E-state index in [1.165, 1.54) is 17.2 Å². The molecule has 2 aliphatic heterocycles. The number of nitrogens with one attached hydrogen (secondary N) is 1. The van der Waals surface area contributed by atoms with E-state index < -0.39 is 5.60 Å². The molecule has 7 heteroatoms. The summed E-state index contributed by atoms with van der Waals surface area (Å²) in [5, 5.41) is 4.23. The van der Waals surface area contributed by atoms with Gasteiger partial charge in [-0.3, -0.25) is 9.63 Å². The highest BCUT2D eigenvalue weighted by Crippen LogP contribution is 2.39. The van der Waals surface area contributed by atoms with Crippen LogP contribution < -0.4 is 5.32 Å². The van der Waals surface area contributed by atoms with Crippen LogP contribution in [0.25, 0.3) is 0 Å². The first-order chi connectivity index (χ1) is 11.4. The fourth-order valence-electron chi connectivity index (χ4n) is 3.24. The van der Waals surface area contributed by atoms with Crippen LogP contribution in [0.15, 0.2) is 18.2 Å². The molecule has 0 radical (unpaired) electrons. The van der Waals surface area contributed by atoms with Crippen molar-refractivity contribution in [3.63, 3.8) is 0 Å². The van der Waals surface area contributed by atoms with Crippen molar-refractivity contribution >= 4 is 17.6 Å². The Labute approximate surface area is 139 Å². The standard InChI is InChI=1S/C17H20FN3O3/c1-11-6-13(4-5-14(11)18)19-16(23)20-9-17(10-20)7-15(22)21(24-17)8-12-2-3-12/h4-6,12H,2-3,7-10H2,1H3,(H,19,23). The molecule has 2 heterocycles. The van der Waals surface area contributed by atoms with Crippen molar-refractivity contribution < 1.29 is 18.8 Å². The highest BCUT2D eigenvalue weighted by Gasteiger charge is 2.55. The van der Waals surface area contributed by atoms with E-state index in [-0.39, 0.29) is 17.8 Å². The van der Waals surface area contributed by atoms with E-state index in [0.29, 0.717) is 43.2 Å². The minimum Gasteiger partial charge on any atom is -0.318 e. The van der Waals surface area contributed by atoms with Crippen molar-refractivity contribution in [3.05, 3.63) is 29.6 Å². The number of aryl methyl sites for hydroxylation is 1. The van der Waals surface area contributed by atoms with Crippen LogP contribution >= 0.6 is 0 Å². The zero-order valence-corrected chi connectivity index (χ0v) is 13.5. The number of halogens is 1. The predicted octanol–water partition coefficient (Wildman–Crippen LogP) is 2.29. The molecule has 1 aromatic rings. The maximum atomic E-state index is 13.3. The Kier molecular flexibility index (Phi) is 3.49. The lowest BCUT2D eigenvalue weighted by Gasteiger charge is -2.45. The Morgan fingerprint density at radius 2 is 2.17 bits per heavy atom. The SMILES string of the molecule is Cc1cc(NC(=O)N2CC3(CC(=O)N(CC4CC4)O3)C2)ccc1F. The monoisotopic (exact) mass is 333 g/mol. The first kappa shape index (κ1) is 15.4. The Morgan fingerprint density at radius 1 is 1.42 bits per heavy atom. The van der Waals surface area contributed by atoms with E-state index in [0.717, 1.165) is 12.8 Å². The van der Waals surface area contributed by atoms with Crippen LogP contribution in [0.2, 0.25) is 0 Å². The molecule has 1 aromatic carbocycles. The summed E-state index contributed by atoms with van der Waals surface area (Å²) >= 11 is 0. The molecule has 6 nitrogen and oxygen atoms in total. The summed E-state index contributed by atoms with van der Waals surface area (Å²) in [5.41, 5.74) is 0.481. The summed E-state index contributed by atoms with van der Waals surface area (Å²) in [5.74, 6) is 0.283. The number of benzene rings is 1. The number of nitrogens with zero attached hydrogens (tertiary/aromatic N) is 2. The quantitative estimate of drug-likeness (QED) is 0.923. The summed E-state index contributed by atoms with van der Waals surface area (Å²) in [4.78, 5) is 31.7. The van der Waals surface area contributed by atoms with E-state index >= 15 is 0 Å². The second-order valence-corrected chi connectivity index (χ2v) is 7.10. The number of urea groups is 1. The van der Waals surface area contributed by atoms with Gasteiger partial charge in [-0.15, -0.1) is 0 Å². The third kappa shape index (κ3) is 2.84. The maximum Gasteiger partial charge on any atom is 0.322 e. The number of hydrogen-bond acceptors (Lipinski definition) is 3. The van der Waals surface area contributed by atoms with E-state index in [9.17, 15) is 14.0 Å². The van der Waals surface area contributed by atoms with Crippen LogP contribution in [0.5, 0.6) is 0 Å². The predicted molar refractivity (Wildman–Crippen MR) is 84.6 cm³/mol. The highest BCUT2D eigenvalue weighted by atomic mass is 19.1. The van der Waals surface area contributed by atoms with Gasteiger partial charge in [-0.25, -0.2) is 14.2 Å². The first-order valence-corrected chi connectivity index (χ1v) is 8.26. The number of rotatable bonds is 3. The van der Waals surface area contributed by atoms with Crippen LogP contribution in [0, 0.1) is 18.7 Å². The molecule has 3 fully saturated rings. The van der Waals surface area contributed by atoms with Gasteiger partial charge in [-0.2, -0.15) is 0 Å². The van der Waals surface area contributed by atoms with Crippen molar-refractivity contribution in [1.29, 1.82) is 0 Å². The zero-order valence-electron chi connectivity index (χ0n) is 13.5. The summed E-state index contributed by atoms with van der Waals surface area (Å²) in [6, 6.07) is 4.19. The minimum atomic E-state index is -0.554. The Morgan fingerprint density at radius 3 is 2.83 bits per heavy atom. The number of carbonyl (C=O) groups is 2. The lowest BCUT2D eigenvalue weighted by Crippen LogP contribution is -2.64. The summed E-state index contributed by atoms with van der Waals surface area (Å²) < 4.78 is 13.3. The number of carbonyl (C=O) groups excluding carboxylic acids is 2. The molecule has 1 N–H and O–H groups in total. The van der Waals surface area contributed by atoms with Crippen molar-refractivity contribution in [2.75, 3.05) is 25.0 Å². The second-order valence-electron chi connectivity index (χ2n) is 7.10. The van der Waals surface area contributed by atoms with Gasteiger partial charge < -0.3 is 10.2 Å². The third-order valence-electron chi connectivity index (χ3n) is 4.83. The molecule has 0 atom stereocenters. The maximum absolute atomic E-state index is 13.3. The van der Waals surface area contributed by atoms with Gasteiger partial charge >= 0.3 is 6.03 Å². The number of amides is 3. The van der Waals surface area contributed by atoms with Gasteiger partial charge in [0, 0.05) is 5.69 Å². The van der Waals surface area contributed by atoms with E-state index in [1.807, 2.05) is 0 Å². The van der Waals surface area contributed by atoms with Crippen molar-refractivity contribution in [2.24, 2.45) is 5.92 Å². The third-order valence-corrected chi connectivity index (χ3v) is 4.83. The number of hydrogen-bond donors (Lipinski definition) is 1. The molecule has 3 amide bonds. The molecule has 3 aliphatic rings.